The summed E-state index contributed by atoms with van der Waals surface area (Å²) in [7, 11) is 0. The zero-order valence-electron chi connectivity index (χ0n) is 19.6. The lowest BCUT2D eigenvalue weighted by Gasteiger charge is -2.32. The molecule has 2 heterocycles. The zero-order valence-corrected chi connectivity index (χ0v) is 19.6. The van der Waals surface area contributed by atoms with Gasteiger partial charge in [-0.2, -0.15) is 0 Å². The van der Waals surface area contributed by atoms with Crippen molar-refractivity contribution in [2.45, 2.75) is 59.3 Å². The maximum Gasteiger partial charge on any atom is 0.317 e. The first-order chi connectivity index (χ1) is 14.5. The molecule has 2 N–H and O–H groups in total. The number of amides is 3. The van der Waals surface area contributed by atoms with Crippen LogP contribution in [0, 0.1) is 11.8 Å². The number of nitrogens with one attached hydrogen (secondary N) is 2. The average Bonchev–Trinajstić information content (AvgIpc) is 2.78. The van der Waals surface area contributed by atoms with Crippen LogP contribution in [0.3, 0.4) is 0 Å². The van der Waals surface area contributed by atoms with Gasteiger partial charge < -0.3 is 25.3 Å². The normalized spacial score (nSPS) is 19.3. The molecule has 2 rings (SSSR count). The van der Waals surface area contributed by atoms with Crippen molar-refractivity contribution >= 4 is 11.9 Å². The predicted octanol–water partition coefficient (Wildman–Crippen LogP) is 2.38. The molecule has 30 heavy (non-hydrogen) atoms. The summed E-state index contributed by atoms with van der Waals surface area (Å²) in [5.41, 5.74) is 0. The van der Waals surface area contributed by atoms with Crippen LogP contribution in [0.4, 0.5) is 4.79 Å². The van der Waals surface area contributed by atoms with Crippen molar-refractivity contribution in [2.24, 2.45) is 11.8 Å². The first-order valence-electron chi connectivity index (χ1n) is 12.3. The van der Waals surface area contributed by atoms with E-state index in [9.17, 15) is 9.59 Å². The van der Waals surface area contributed by atoms with Crippen LogP contribution < -0.4 is 10.6 Å². The molecular weight excluding hydrogens is 378 g/mol. The van der Waals surface area contributed by atoms with Gasteiger partial charge in [-0.3, -0.25) is 4.79 Å². The monoisotopic (exact) mass is 423 g/mol. The van der Waals surface area contributed by atoms with E-state index in [1.165, 1.54) is 25.9 Å². The molecule has 2 aliphatic rings. The van der Waals surface area contributed by atoms with E-state index in [1.807, 2.05) is 4.90 Å². The number of nitrogens with zero attached hydrogens (tertiary/aromatic N) is 3. The van der Waals surface area contributed by atoms with E-state index < -0.39 is 0 Å². The van der Waals surface area contributed by atoms with Crippen molar-refractivity contribution in [2.75, 3.05) is 65.4 Å². The van der Waals surface area contributed by atoms with Crippen LogP contribution >= 0.6 is 0 Å². The predicted molar refractivity (Wildman–Crippen MR) is 123 cm³/mol. The van der Waals surface area contributed by atoms with E-state index in [-0.39, 0.29) is 17.9 Å². The van der Waals surface area contributed by atoms with E-state index >= 15 is 0 Å². The second-order valence-electron chi connectivity index (χ2n) is 9.04. The fraction of sp³-hybridized carbons (Fsp3) is 0.913. The highest BCUT2D eigenvalue weighted by atomic mass is 16.2. The SMILES string of the molecule is CCN(CC)CCCNC(=O)C1CCN(C(=O)NCCCN2CCC(C)CC2)CC1. The van der Waals surface area contributed by atoms with Crippen LogP contribution in [0.5, 0.6) is 0 Å². The Labute approximate surface area is 183 Å². The molecule has 7 nitrogen and oxygen atoms in total. The Morgan fingerprint density at radius 2 is 1.53 bits per heavy atom. The minimum Gasteiger partial charge on any atom is -0.356 e. The summed E-state index contributed by atoms with van der Waals surface area (Å²) in [4.78, 5) is 31.5. The minimum absolute atomic E-state index is 0.0281. The third-order valence-electron chi connectivity index (χ3n) is 6.80. The van der Waals surface area contributed by atoms with E-state index in [0.717, 1.165) is 70.9 Å². The smallest absolute Gasteiger partial charge is 0.317 e. The van der Waals surface area contributed by atoms with Crippen LogP contribution in [0.1, 0.15) is 59.3 Å². The summed E-state index contributed by atoms with van der Waals surface area (Å²) < 4.78 is 0. The van der Waals surface area contributed by atoms with E-state index in [2.05, 4.69) is 41.2 Å². The fourth-order valence-electron chi connectivity index (χ4n) is 4.44. The molecule has 0 bridgehead atoms. The molecule has 0 unspecified atom stereocenters. The molecule has 2 fully saturated rings. The highest BCUT2D eigenvalue weighted by Gasteiger charge is 2.27. The zero-order chi connectivity index (χ0) is 21.8. The molecule has 0 atom stereocenters. The van der Waals surface area contributed by atoms with Gasteiger partial charge in [-0.15, -0.1) is 0 Å². The Balaban J connectivity index is 1.52. The maximum absolute atomic E-state index is 12.4. The van der Waals surface area contributed by atoms with E-state index in [4.69, 9.17) is 0 Å². The number of likely N-dealkylation sites (tertiary alicyclic amines) is 2. The van der Waals surface area contributed by atoms with Crippen molar-refractivity contribution in [3.63, 3.8) is 0 Å². The number of rotatable bonds is 11. The third kappa shape index (κ3) is 8.80. The highest BCUT2D eigenvalue weighted by molar-refractivity contribution is 5.79. The lowest BCUT2D eigenvalue weighted by atomic mass is 9.96. The molecule has 2 saturated heterocycles. The number of piperidine rings is 2. The average molecular weight is 424 g/mol. The largest absolute Gasteiger partial charge is 0.356 e. The summed E-state index contributed by atoms with van der Waals surface area (Å²) in [6, 6.07) is 0.0281. The maximum atomic E-state index is 12.4. The van der Waals surface area contributed by atoms with Gasteiger partial charge >= 0.3 is 6.03 Å². The number of carbonyl (C=O) groups excluding carboxylic acids is 2. The second-order valence-corrected chi connectivity index (χ2v) is 9.04. The molecule has 0 aromatic carbocycles. The standard InChI is InChI=1S/C23H45N5O2/c1-4-26(5-2)14-6-12-24-22(29)21-10-18-28(19-11-21)23(30)25-13-7-15-27-16-8-20(3)9-17-27/h20-21H,4-19H2,1-3H3,(H,24,29)(H,25,30). The van der Waals surface area contributed by atoms with Crippen molar-refractivity contribution in [1.29, 1.82) is 0 Å². The third-order valence-corrected chi connectivity index (χ3v) is 6.80. The number of urea groups is 1. The lowest BCUT2D eigenvalue weighted by molar-refractivity contribution is -0.126. The van der Waals surface area contributed by atoms with Crippen molar-refractivity contribution in [3.05, 3.63) is 0 Å². The van der Waals surface area contributed by atoms with Gasteiger partial charge in [0.1, 0.15) is 0 Å². The van der Waals surface area contributed by atoms with Gasteiger partial charge in [-0.05, 0) is 83.7 Å². The Morgan fingerprint density at radius 3 is 2.17 bits per heavy atom. The van der Waals surface area contributed by atoms with Gasteiger partial charge in [0.25, 0.3) is 0 Å². The number of carbonyl (C=O) groups is 2. The minimum atomic E-state index is 0.0281. The summed E-state index contributed by atoms with van der Waals surface area (Å²) in [5.74, 6) is 1.06. The topological polar surface area (TPSA) is 67.9 Å². The first-order valence-corrected chi connectivity index (χ1v) is 12.3. The second kappa shape index (κ2) is 13.9. The molecule has 0 saturated carbocycles. The quantitative estimate of drug-likeness (QED) is 0.501. The van der Waals surface area contributed by atoms with Gasteiger partial charge in [0, 0.05) is 32.1 Å². The van der Waals surface area contributed by atoms with E-state index in [1.54, 1.807) is 0 Å². The molecule has 3 amide bonds. The fourth-order valence-corrected chi connectivity index (χ4v) is 4.44. The van der Waals surface area contributed by atoms with Gasteiger partial charge in [0.15, 0.2) is 0 Å². The highest BCUT2D eigenvalue weighted by Crippen LogP contribution is 2.18. The van der Waals surface area contributed by atoms with Gasteiger partial charge in [-0.25, -0.2) is 4.79 Å². The number of hydrogen-bond donors (Lipinski definition) is 2. The van der Waals surface area contributed by atoms with Gasteiger partial charge in [0.05, 0.1) is 0 Å². The first kappa shape index (κ1) is 24.9. The molecule has 0 spiro atoms. The Hall–Kier alpha value is -1.34. The molecule has 0 aliphatic carbocycles. The van der Waals surface area contributed by atoms with Crippen molar-refractivity contribution in [3.8, 4) is 0 Å². The van der Waals surface area contributed by atoms with E-state index in [0.29, 0.717) is 13.1 Å². The molecule has 0 radical (unpaired) electrons. The summed E-state index contributed by atoms with van der Waals surface area (Å²) >= 11 is 0. The van der Waals surface area contributed by atoms with Crippen LogP contribution in [0.25, 0.3) is 0 Å². The Morgan fingerprint density at radius 1 is 0.900 bits per heavy atom. The van der Waals surface area contributed by atoms with Crippen LogP contribution in [0.15, 0.2) is 0 Å². The van der Waals surface area contributed by atoms with Crippen LogP contribution in [-0.4, -0.2) is 92.1 Å². The Kier molecular flexibility index (Phi) is 11.5. The lowest BCUT2D eigenvalue weighted by Crippen LogP contribution is -2.47. The molecule has 0 aromatic rings. The number of hydrogen-bond acceptors (Lipinski definition) is 4. The summed E-state index contributed by atoms with van der Waals surface area (Å²) in [6.45, 7) is 16.1. The summed E-state index contributed by atoms with van der Waals surface area (Å²) in [6.07, 6.45) is 6.12. The van der Waals surface area contributed by atoms with Gasteiger partial charge in [-0.1, -0.05) is 20.8 Å². The van der Waals surface area contributed by atoms with Gasteiger partial charge in [0.2, 0.25) is 5.91 Å². The van der Waals surface area contributed by atoms with Crippen molar-refractivity contribution in [1.82, 2.24) is 25.3 Å². The van der Waals surface area contributed by atoms with Crippen molar-refractivity contribution < 1.29 is 9.59 Å². The van der Waals surface area contributed by atoms with Crippen LogP contribution in [0.2, 0.25) is 0 Å². The molecular formula is C23H45N5O2. The molecule has 7 heteroatoms. The Bertz CT molecular complexity index is 496. The summed E-state index contributed by atoms with van der Waals surface area (Å²) in [5, 5.41) is 6.15. The van der Waals surface area contributed by atoms with Crippen LogP contribution in [-0.2, 0) is 4.79 Å². The molecule has 174 valence electrons. The molecule has 2 aliphatic heterocycles. The molecule has 0 aromatic heterocycles.